The van der Waals surface area contributed by atoms with Gasteiger partial charge in [0.2, 0.25) is 5.89 Å². The van der Waals surface area contributed by atoms with Crippen molar-refractivity contribution in [2.75, 3.05) is 19.6 Å². The van der Waals surface area contributed by atoms with Gasteiger partial charge in [-0.1, -0.05) is 47.6 Å². The molecule has 3 aromatic rings. The van der Waals surface area contributed by atoms with Gasteiger partial charge in [-0.05, 0) is 49.1 Å². The van der Waals surface area contributed by atoms with Gasteiger partial charge >= 0.3 is 0 Å². The van der Waals surface area contributed by atoms with Crippen LogP contribution in [0.5, 0.6) is 0 Å². The Balaban J connectivity index is 1.34. The lowest BCUT2D eigenvalue weighted by Crippen LogP contribution is -2.43. The standard InChI is InChI=1S/C24H26FN5O/c25-20-8-6-18(7-9-20)16-22-28-23(31-29-22)24(17-26)11-14-30(15-12-24)13-10-21(27)19-4-2-1-3-5-19/h1-9,21H,10-16,27H2. The van der Waals surface area contributed by atoms with Gasteiger partial charge in [-0.25, -0.2) is 4.39 Å². The molecule has 1 fully saturated rings. The maximum Gasteiger partial charge on any atom is 0.247 e. The number of halogens is 1. The molecule has 7 heteroatoms. The van der Waals surface area contributed by atoms with Crippen LogP contribution in [-0.2, 0) is 11.8 Å². The Kier molecular flexibility index (Phi) is 6.40. The van der Waals surface area contributed by atoms with Crippen LogP contribution in [0.25, 0.3) is 0 Å². The van der Waals surface area contributed by atoms with Crippen molar-refractivity contribution in [2.45, 2.75) is 37.1 Å². The Labute approximate surface area is 181 Å². The third kappa shape index (κ3) is 4.98. The van der Waals surface area contributed by atoms with Gasteiger partial charge in [0.05, 0.1) is 6.07 Å². The van der Waals surface area contributed by atoms with Crippen molar-refractivity contribution in [3.8, 4) is 6.07 Å². The predicted molar refractivity (Wildman–Crippen MR) is 114 cm³/mol. The number of aromatic nitrogens is 2. The zero-order chi connectivity index (χ0) is 21.7. The molecule has 6 nitrogen and oxygen atoms in total. The maximum atomic E-state index is 13.1. The van der Waals surface area contributed by atoms with E-state index >= 15 is 0 Å². The average Bonchev–Trinajstić information content (AvgIpc) is 3.29. The predicted octanol–water partition coefficient (Wildman–Crippen LogP) is 3.75. The number of nitrogens with zero attached hydrogens (tertiary/aromatic N) is 4. The molecule has 1 aromatic heterocycles. The molecule has 0 bridgehead atoms. The summed E-state index contributed by atoms with van der Waals surface area (Å²) in [6, 6.07) is 18.8. The van der Waals surface area contributed by atoms with Crippen molar-refractivity contribution in [2.24, 2.45) is 5.73 Å². The van der Waals surface area contributed by atoms with Crippen LogP contribution in [0.15, 0.2) is 59.1 Å². The number of hydrogen-bond donors (Lipinski definition) is 1. The summed E-state index contributed by atoms with van der Waals surface area (Å²) in [5, 5.41) is 14.0. The zero-order valence-corrected chi connectivity index (χ0v) is 17.4. The van der Waals surface area contributed by atoms with E-state index in [1.54, 1.807) is 12.1 Å². The molecule has 0 saturated carbocycles. The number of benzene rings is 2. The van der Waals surface area contributed by atoms with Crippen LogP contribution in [0.1, 0.15) is 48.1 Å². The minimum Gasteiger partial charge on any atom is -0.338 e. The van der Waals surface area contributed by atoms with E-state index in [1.165, 1.54) is 12.1 Å². The summed E-state index contributed by atoms with van der Waals surface area (Å²) in [5.41, 5.74) is 7.60. The van der Waals surface area contributed by atoms with Crippen LogP contribution < -0.4 is 5.73 Å². The second-order valence-corrected chi connectivity index (χ2v) is 8.16. The summed E-state index contributed by atoms with van der Waals surface area (Å²) in [5.74, 6) is 0.609. The van der Waals surface area contributed by atoms with Crippen LogP contribution in [0.4, 0.5) is 4.39 Å². The van der Waals surface area contributed by atoms with Crippen molar-refractivity contribution in [1.82, 2.24) is 15.0 Å². The molecule has 2 heterocycles. The first-order chi connectivity index (χ1) is 15.1. The third-order valence-corrected chi connectivity index (χ3v) is 6.06. The zero-order valence-electron chi connectivity index (χ0n) is 17.4. The summed E-state index contributed by atoms with van der Waals surface area (Å²) in [4.78, 5) is 6.84. The molecule has 0 radical (unpaired) electrons. The molecule has 1 aliphatic rings. The minimum absolute atomic E-state index is 0.00816. The Morgan fingerprint density at radius 1 is 1.13 bits per heavy atom. The van der Waals surface area contributed by atoms with Crippen molar-refractivity contribution in [3.05, 3.63) is 83.3 Å². The van der Waals surface area contributed by atoms with E-state index in [9.17, 15) is 9.65 Å². The lowest BCUT2D eigenvalue weighted by molar-refractivity contribution is 0.159. The number of nitrogens with two attached hydrogens (primary N) is 1. The van der Waals surface area contributed by atoms with Crippen molar-refractivity contribution in [3.63, 3.8) is 0 Å². The fourth-order valence-corrected chi connectivity index (χ4v) is 4.03. The molecule has 0 aliphatic carbocycles. The van der Waals surface area contributed by atoms with E-state index in [2.05, 4.69) is 33.2 Å². The molecule has 2 N–H and O–H groups in total. The second-order valence-electron chi connectivity index (χ2n) is 8.16. The average molecular weight is 420 g/mol. The first-order valence-electron chi connectivity index (χ1n) is 10.6. The molecule has 0 spiro atoms. The Bertz CT molecular complexity index is 1020. The SMILES string of the molecule is N#CC1(c2nc(Cc3ccc(F)cc3)no2)CCN(CCC(N)c2ccccc2)CC1. The first-order valence-corrected chi connectivity index (χ1v) is 10.6. The van der Waals surface area contributed by atoms with Crippen molar-refractivity contribution in [1.29, 1.82) is 5.26 Å². The van der Waals surface area contributed by atoms with Crippen LogP contribution in [0.3, 0.4) is 0 Å². The number of nitriles is 1. The Hall–Kier alpha value is -3.08. The lowest BCUT2D eigenvalue weighted by atomic mass is 9.79. The molecular formula is C24H26FN5O. The van der Waals surface area contributed by atoms with E-state index in [-0.39, 0.29) is 11.9 Å². The quantitative estimate of drug-likeness (QED) is 0.627. The first kappa shape index (κ1) is 21.2. The number of likely N-dealkylation sites (tertiary alicyclic amines) is 1. The van der Waals surface area contributed by atoms with Gasteiger partial charge in [-0.2, -0.15) is 10.2 Å². The highest BCUT2D eigenvalue weighted by Crippen LogP contribution is 2.34. The van der Waals surface area contributed by atoms with E-state index in [4.69, 9.17) is 10.3 Å². The highest BCUT2D eigenvalue weighted by Gasteiger charge is 2.41. The summed E-state index contributed by atoms with van der Waals surface area (Å²) < 4.78 is 18.6. The summed E-state index contributed by atoms with van der Waals surface area (Å²) in [6.07, 6.45) is 2.59. The fourth-order valence-electron chi connectivity index (χ4n) is 4.03. The Morgan fingerprint density at radius 3 is 2.52 bits per heavy atom. The largest absolute Gasteiger partial charge is 0.338 e. The summed E-state index contributed by atoms with van der Waals surface area (Å²) in [6.45, 7) is 2.45. The Morgan fingerprint density at radius 2 is 1.84 bits per heavy atom. The summed E-state index contributed by atoms with van der Waals surface area (Å²) in [7, 11) is 0. The number of piperidine rings is 1. The molecule has 2 aromatic carbocycles. The van der Waals surface area contributed by atoms with Gasteiger partial charge in [0, 0.05) is 25.6 Å². The van der Waals surface area contributed by atoms with E-state index in [0.717, 1.165) is 37.2 Å². The highest BCUT2D eigenvalue weighted by atomic mass is 19.1. The molecule has 1 saturated heterocycles. The van der Waals surface area contributed by atoms with Gasteiger partial charge in [-0.15, -0.1) is 0 Å². The third-order valence-electron chi connectivity index (χ3n) is 6.06. The van der Waals surface area contributed by atoms with Crippen molar-refractivity contribution >= 4 is 0 Å². The summed E-state index contributed by atoms with van der Waals surface area (Å²) >= 11 is 0. The normalized spacial score (nSPS) is 17.2. The van der Waals surface area contributed by atoms with Crippen LogP contribution in [0.2, 0.25) is 0 Å². The second kappa shape index (κ2) is 9.38. The van der Waals surface area contributed by atoms with Crippen LogP contribution in [-0.4, -0.2) is 34.7 Å². The molecule has 1 unspecified atom stereocenters. The van der Waals surface area contributed by atoms with Crippen LogP contribution in [0, 0.1) is 17.1 Å². The molecule has 160 valence electrons. The van der Waals surface area contributed by atoms with Gasteiger partial charge < -0.3 is 15.2 Å². The van der Waals surface area contributed by atoms with Crippen molar-refractivity contribution < 1.29 is 8.91 Å². The molecule has 1 aliphatic heterocycles. The van der Waals surface area contributed by atoms with E-state index in [1.807, 2.05) is 18.2 Å². The lowest BCUT2D eigenvalue weighted by Gasteiger charge is -2.35. The number of hydrogen-bond acceptors (Lipinski definition) is 6. The smallest absolute Gasteiger partial charge is 0.247 e. The fraction of sp³-hybridized carbons (Fsp3) is 0.375. The van der Waals surface area contributed by atoms with Gasteiger partial charge in [0.25, 0.3) is 0 Å². The van der Waals surface area contributed by atoms with Gasteiger partial charge in [0.1, 0.15) is 11.2 Å². The van der Waals surface area contributed by atoms with Gasteiger partial charge in [-0.3, -0.25) is 0 Å². The minimum atomic E-state index is -0.758. The van der Waals surface area contributed by atoms with E-state index < -0.39 is 5.41 Å². The van der Waals surface area contributed by atoms with Crippen LogP contribution >= 0.6 is 0 Å². The van der Waals surface area contributed by atoms with E-state index in [0.29, 0.717) is 31.0 Å². The molecule has 1 atom stereocenters. The number of rotatable bonds is 7. The molecule has 31 heavy (non-hydrogen) atoms. The van der Waals surface area contributed by atoms with Gasteiger partial charge in [0.15, 0.2) is 5.82 Å². The molecule has 4 rings (SSSR count). The molecular weight excluding hydrogens is 393 g/mol. The topological polar surface area (TPSA) is 92.0 Å². The maximum absolute atomic E-state index is 13.1. The highest BCUT2D eigenvalue weighted by molar-refractivity contribution is 5.23. The monoisotopic (exact) mass is 419 g/mol. The molecule has 0 amide bonds.